The van der Waals surface area contributed by atoms with Crippen LogP contribution in [0.25, 0.3) is 0 Å². The van der Waals surface area contributed by atoms with Crippen molar-refractivity contribution in [1.29, 1.82) is 0 Å². The predicted octanol–water partition coefficient (Wildman–Crippen LogP) is 1.96. The summed E-state index contributed by atoms with van der Waals surface area (Å²) in [5, 5.41) is 2.55. The van der Waals surface area contributed by atoms with E-state index in [1.165, 1.54) is 6.20 Å². The van der Waals surface area contributed by atoms with E-state index >= 15 is 0 Å². The maximum atomic E-state index is 11.4. The number of hydrogen-bond donors (Lipinski definition) is 1. The Labute approximate surface area is 74.4 Å². The van der Waals surface area contributed by atoms with Crippen LogP contribution in [0.2, 0.25) is 0 Å². The zero-order valence-corrected chi connectivity index (χ0v) is 8.35. The molecule has 0 aliphatic heterocycles. The highest BCUT2D eigenvalue weighted by molar-refractivity contribution is 5.75. The van der Waals surface area contributed by atoms with Crippen molar-refractivity contribution >= 4 is 6.03 Å². The van der Waals surface area contributed by atoms with Crippen molar-refractivity contribution in [1.82, 2.24) is 10.2 Å². The van der Waals surface area contributed by atoms with E-state index in [0.717, 1.165) is 0 Å². The first kappa shape index (κ1) is 11.0. The SMILES string of the molecule is C=CNC(=O)N(CC)C(C)(C)C. The second kappa shape index (κ2) is 4.14. The second-order valence-corrected chi connectivity index (χ2v) is 3.57. The van der Waals surface area contributed by atoms with Gasteiger partial charge in [0.05, 0.1) is 0 Å². The number of nitrogens with one attached hydrogen (secondary N) is 1. The number of hydrogen-bond acceptors (Lipinski definition) is 1. The molecule has 0 aliphatic rings. The standard InChI is InChI=1S/C9H18N2O/c1-6-10-8(12)11(7-2)9(3,4)5/h6H,1,7H2,2-5H3,(H,10,12). The summed E-state index contributed by atoms with van der Waals surface area (Å²) in [4.78, 5) is 13.1. The predicted molar refractivity (Wildman–Crippen MR) is 50.9 cm³/mol. The van der Waals surface area contributed by atoms with E-state index in [0.29, 0.717) is 6.54 Å². The lowest BCUT2D eigenvalue weighted by Gasteiger charge is -2.34. The number of nitrogens with zero attached hydrogens (tertiary/aromatic N) is 1. The summed E-state index contributed by atoms with van der Waals surface area (Å²) in [6, 6.07) is -0.0972. The molecule has 0 aliphatic carbocycles. The van der Waals surface area contributed by atoms with E-state index in [1.807, 2.05) is 27.7 Å². The van der Waals surface area contributed by atoms with E-state index in [1.54, 1.807) is 4.90 Å². The Morgan fingerprint density at radius 3 is 2.33 bits per heavy atom. The van der Waals surface area contributed by atoms with Gasteiger partial charge in [0.15, 0.2) is 0 Å². The third-order valence-electron chi connectivity index (χ3n) is 1.60. The lowest BCUT2D eigenvalue weighted by molar-refractivity contribution is 0.153. The number of carbonyl (C=O) groups excluding carboxylic acids is 1. The van der Waals surface area contributed by atoms with Crippen LogP contribution in [0.15, 0.2) is 12.8 Å². The van der Waals surface area contributed by atoms with Crippen LogP contribution in [-0.4, -0.2) is 23.0 Å². The molecule has 1 N–H and O–H groups in total. The van der Waals surface area contributed by atoms with Crippen molar-refractivity contribution in [2.24, 2.45) is 0 Å². The highest BCUT2D eigenvalue weighted by atomic mass is 16.2. The monoisotopic (exact) mass is 170 g/mol. The van der Waals surface area contributed by atoms with Gasteiger partial charge in [0, 0.05) is 12.1 Å². The molecule has 0 radical (unpaired) electrons. The Morgan fingerprint density at radius 2 is 2.08 bits per heavy atom. The third-order valence-corrected chi connectivity index (χ3v) is 1.60. The molecule has 3 nitrogen and oxygen atoms in total. The largest absolute Gasteiger partial charge is 0.321 e. The summed E-state index contributed by atoms with van der Waals surface area (Å²) in [6.07, 6.45) is 1.40. The molecule has 0 atom stereocenters. The van der Waals surface area contributed by atoms with Crippen LogP contribution in [-0.2, 0) is 0 Å². The number of rotatable bonds is 2. The van der Waals surface area contributed by atoms with Crippen LogP contribution in [0.4, 0.5) is 4.79 Å². The summed E-state index contributed by atoms with van der Waals surface area (Å²) in [5.74, 6) is 0. The van der Waals surface area contributed by atoms with Gasteiger partial charge in [-0.15, -0.1) is 0 Å². The Bertz CT molecular complexity index is 170. The lowest BCUT2D eigenvalue weighted by atomic mass is 10.1. The van der Waals surface area contributed by atoms with Crippen LogP contribution in [0.3, 0.4) is 0 Å². The van der Waals surface area contributed by atoms with Gasteiger partial charge in [0.25, 0.3) is 0 Å². The summed E-state index contributed by atoms with van der Waals surface area (Å²) in [5.41, 5.74) is -0.137. The van der Waals surface area contributed by atoms with Crippen molar-refractivity contribution in [2.75, 3.05) is 6.54 Å². The number of carbonyl (C=O) groups is 1. The Balaban J connectivity index is 4.34. The number of amides is 2. The van der Waals surface area contributed by atoms with Gasteiger partial charge in [0.1, 0.15) is 0 Å². The molecule has 0 aromatic carbocycles. The zero-order valence-electron chi connectivity index (χ0n) is 8.35. The van der Waals surface area contributed by atoms with Crippen LogP contribution in [0.5, 0.6) is 0 Å². The van der Waals surface area contributed by atoms with Crippen molar-refractivity contribution < 1.29 is 4.79 Å². The summed E-state index contributed by atoms with van der Waals surface area (Å²) in [7, 11) is 0. The van der Waals surface area contributed by atoms with Crippen molar-refractivity contribution in [3.63, 3.8) is 0 Å². The molecule has 0 aromatic rings. The maximum Gasteiger partial charge on any atom is 0.321 e. The Kier molecular flexibility index (Phi) is 3.80. The zero-order chi connectivity index (χ0) is 9.78. The molecule has 2 amide bonds. The summed E-state index contributed by atoms with van der Waals surface area (Å²) >= 11 is 0. The van der Waals surface area contributed by atoms with Crippen molar-refractivity contribution in [2.45, 2.75) is 33.2 Å². The van der Waals surface area contributed by atoms with Gasteiger partial charge in [-0.1, -0.05) is 6.58 Å². The Hall–Kier alpha value is -0.990. The van der Waals surface area contributed by atoms with Gasteiger partial charge in [0.2, 0.25) is 0 Å². The van der Waals surface area contributed by atoms with Gasteiger partial charge < -0.3 is 10.2 Å². The van der Waals surface area contributed by atoms with Gasteiger partial charge in [-0.3, -0.25) is 0 Å². The van der Waals surface area contributed by atoms with E-state index < -0.39 is 0 Å². The third kappa shape index (κ3) is 2.95. The summed E-state index contributed by atoms with van der Waals surface area (Å²) < 4.78 is 0. The molecule has 0 aromatic heterocycles. The van der Waals surface area contributed by atoms with Crippen molar-refractivity contribution in [3.8, 4) is 0 Å². The summed E-state index contributed by atoms with van der Waals surface area (Å²) in [6.45, 7) is 12.1. The minimum atomic E-state index is -0.137. The van der Waals surface area contributed by atoms with Gasteiger partial charge in [-0.2, -0.15) is 0 Å². The molecule has 0 unspecified atom stereocenters. The van der Waals surface area contributed by atoms with E-state index in [9.17, 15) is 4.79 Å². The molecule has 70 valence electrons. The van der Waals surface area contributed by atoms with Crippen LogP contribution < -0.4 is 5.32 Å². The average molecular weight is 170 g/mol. The van der Waals surface area contributed by atoms with Crippen LogP contribution in [0.1, 0.15) is 27.7 Å². The van der Waals surface area contributed by atoms with Crippen LogP contribution >= 0.6 is 0 Å². The fraction of sp³-hybridized carbons (Fsp3) is 0.667. The normalized spacial score (nSPS) is 10.7. The molecule has 0 bridgehead atoms. The smallest absolute Gasteiger partial charge is 0.320 e. The molecule has 0 fully saturated rings. The topological polar surface area (TPSA) is 32.3 Å². The first-order valence-electron chi connectivity index (χ1n) is 4.12. The van der Waals surface area contributed by atoms with Crippen LogP contribution in [0, 0.1) is 0 Å². The van der Waals surface area contributed by atoms with E-state index in [4.69, 9.17) is 0 Å². The fourth-order valence-electron chi connectivity index (χ4n) is 1.09. The number of urea groups is 1. The minimum absolute atomic E-state index is 0.0972. The Morgan fingerprint density at radius 1 is 1.58 bits per heavy atom. The molecule has 0 rings (SSSR count). The maximum absolute atomic E-state index is 11.4. The molecule has 12 heavy (non-hydrogen) atoms. The lowest BCUT2D eigenvalue weighted by Crippen LogP contribution is -2.48. The minimum Gasteiger partial charge on any atom is -0.320 e. The molecule has 0 saturated heterocycles. The fourth-order valence-corrected chi connectivity index (χ4v) is 1.09. The molecular formula is C9H18N2O. The average Bonchev–Trinajstić information content (AvgIpc) is 1.85. The molecule has 3 heteroatoms. The second-order valence-electron chi connectivity index (χ2n) is 3.57. The van der Waals surface area contributed by atoms with Gasteiger partial charge in [-0.25, -0.2) is 4.79 Å². The van der Waals surface area contributed by atoms with E-state index in [-0.39, 0.29) is 11.6 Å². The van der Waals surface area contributed by atoms with Crippen molar-refractivity contribution in [3.05, 3.63) is 12.8 Å². The van der Waals surface area contributed by atoms with Gasteiger partial charge >= 0.3 is 6.03 Å². The quantitative estimate of drug-likeness (QED) is 0.675. The first-order valence-corrected chi connectivity index (χ1v) is 4.12. The molecule has 0 heterocycles. The molecule has 0 saturated carbocycles. The highest BCUT2D eigenvalue weighted by Crippen LogP contribution is 2.12. The molecular weight excluding hydrogens is 152 g/mol. The molecule has 0 spiro atoms. The van der Waals surface area contributed by atoms with E-state index in [2.05, 4.69) is 11.9 Å². The highest BCUT2D eigenvalue weighted by Gasteiger charge is 2.23. The van der Waals surface area contributed by atoms with Gasteiger partial charge in [-0.05, 0) is 33.9 Å². The first-order chi connectivity index (χ1) is 5.43.